The van der Waals surface area contributed by atoms with Crippen LogP contribution in [0.1, 0.15) is 17.0 Å². The van der Waals surface area contributed by atoms with Crippen molar-refractivity contribution >= 4 is 23.7 Å². The van der Waals surface area contributed by atoms with Crippen LogP contribution in [-0.4, -0.2) is 25.3 Å². The molecule has 1 N–H and O–H groups in total. The number of benzene rings is 3. The van der Waals surface area contributed by atoms with Crippen molar-refractivity contribution < 1.29 is 14.3 Å². The molecule has 0 aromatic heterocycles. The molecule has 0 radical (unpaired) electrons. The predicted octanol–water partition coefficient (Wildman–Crippen LogP) is 4.56. The number of hydrogen-bond donors (Lipinski definition) is 1. The second kappa shape index (κ2) is 11.4. The Bertz CT molecular complexity index is 1060. The molecule has 0 unspecified atom stereocenters. The summed E-state index contributed by atoms with van der Waals surface area (Å²) in [6.45, 7) is 0.726. The van der Waals surface area contributed by atoms with Crippen LogP contribution in [0.4, 0.5) is 0 Å². The lowest BCUT2D eigenvalue weighted by Crippen LogP contribution is -2.24. The van der Waals surface area contributed by atoms with Gasteiger partial charge in [-0.2, -0.15) is 10.4 Å². The lowest BCUT2D eigenvalue weighted by atomic mass is 10.0. The first-order valence-corrected chi connectivity index (χ1v) is 9.93. The number of amides is 1. The van der Waals surface area contributed by atoms with Gasteiger partial charge in [-0.3, -0.25) is 4.79 Å². The molecule has 0 aliphatic heterocycles. The van der Waals surface area contributed by atoms with Crippen molar-refractivity contribution in [1.29, 1.82) is 5.26 Å². The standard InChI is InChI=1S/C24H20ClN3O3/c25-22-8-4-5-9-23(22)31-15-14-30-20-12-10-18(11-13-20)17-27-28-24(29)21(16-26)19-6-2-1-3-7-19/h1-13,17,21H,14-15H2,(H,28,29)/b27-17-/t21-/m1/s1. The van der Waals surface area contributed by atoms with Crippen LogP contribution in [0.2, 0.25) is 5.02 Å². The van der Waals surface area contributed by atoms with Crippen LogP contribution in [0.15, 0.2) is 84.0 Å². The maximum absolute atomic E-state index is 12.2. The van der Waals surface area contributed by atoms with E-state index in [0.717, 1.165) is 5.56 Å². The van der Waals surface area contributed by atoms with E-state index in [1.54, 1.807) is 60.7 Å². The van der Waals surface area contributed by atoms with Gasteiger partial charge in [-0.25, -0.2) is 5.43 Å². The molecule has 7 heteroatoms. The molecule has 0 bridgehead atoms. The Morgan fingerprint density at radius 3 is 2.39 bits per heavy atom. The molecular weight excluding hydrogens is 414 g/mol. The number of hydrazone groups is 1. The normalized spacial score (nSPS) is 11.5. The number of carbonyl (C=O) groups is 1. The van der Waals surface area contributed by atoms with Gasteiger partial charge < -0.3 is 9.47 Å². The molecule has 1 atom stereocenters. The first kappa shape index (κ1) is 21.9. The first-order valence-electron chi connectivity index (χ1n) is 9.55. The molecule has 0 spiro atoms. The fraction of sp³-hybridized carbons (Fsp3) is 0.125. The number of rotatable bonds is 9. The number of carbonyl (C=O) groups excluding carboxylic acids is 1. The number of para-hydroxylation sites is 1. The molecule has 0 saturated carbocycles. The third-order valence-corrected chi connectivity index (χ3v) is 4.55. The van der Waals surface area contributed by atoms with Crippen LogP contribution in [0.3, 0.4) is 0 Å². The minimum Gasteiger partial charge on any atom is -0.490 e. The van der Waals surface area contributed by atoms with Gasteiger partial charge >= 0.3 is 0 Å². The van der Waals surface area contributed by atoms with Gasteiger partial charge in [0, 0.05) is 0 Å². The average Bonchev–Trinajstić information content (AvgIpc) is 2.80. The number of halogens is 1. The van der Waals surface area contributed by atoms with Crippen LogP contribution in [0.5, 0.6) is 11.5 Å². The third-order valence-electron chi connectivity index (χ3n) is 4.24. The molecule has 0 heterocycles. The van der Waals surface area contributed by atoms with Crippen LogP contribution < -0.4 is 14.9 Å². The molecule has 3 aromatic rings. The Balaban J connectivity index is 1.44. The summed E-state index contributed by atoms with van der Waals surface area (Å²) in [5.41, 5.74) is 3.80. The summed E-state index contributed by atoms with van der Waals surface area (Å²) in [4.78, 5) is 12.2. The van der Waals surface area contributed by atoms with E-state index in [4.69, 9.17) is 21.1 Å². The zero-order valence-corrected chi connectivity index (χ0v) is 17.3. The summed E-state index contributed by atoms with van der Waals surface area (Å²) in [5.74, 6) is -0.102. The van der Waals surface area contributed by atoms with Gasteiger partial charge in [0.25, 0.3) is 5.91 Å². The Morgan fingerprint density at radius 2 is 1.68 bits per heavy atom. The molecule has 3 rings (SSSR count). The van der Waals surface area contributed by atoms with Crippen LogP contribution >= 0.6 is 11.6 Å². The highest BCUT2D eigenvalue weighted by Crippen LogP contribution is 2.23. The molecule has 31 heavy (non-hydrogen) atoms. The second-order valence-electron chi connectivity index (χ2n) is 6.40. The Kier molecular flexibility index (Phi) is 8.04. The van der Waals surface area contributed by atoms with Gasteiger partial charge in [0.15, 0.2) is 5.92 Å². The maximum Gasteiger partial charge on any atom is 0.261 e. The van der Waals surface area contributed by atoms with E-state index in [-0.39, 0.29) is 0 Å². The first-order chi connectivity index (χ1) is 15.2. The largest absolute Gasteiger partial charge is 0.490 e. The number of ether oxygens (including phenoxy) is 2. The predicted molar refractivity (Wildman–Crippen MR) is 119 cm³/mol. The molecule has 6 nitrogen and oxygen atoms in total. The second-order valence-corrected chi connectivity index (χ2v) is 6.81. The van der Waals surface area contributed by atoms with Gasteiger partial charge in [-0.1, -0.05) is 54.1 Å². The molecule has 0 saturated heterocycles. The van der Waals surface area contributed by atoms with Gasteiger partial charge in [0.2, 0.25) is 0 Å². The zero-order valence-electron chi connectivity index (χ0n) is 16.6. The number of nitrogens with zero attached hydrogens (tertiary/aromatic N) is 2. The molecule has 0 aliphatic carbocycles. The zero-order chi connectivity index (χ0) is 21.9. The van der Waals surface area contributed by atoms with Crippen LogP contribution in [0, 0.1) is 11.3 Å². The SMILES string of the molecule is N#C[C@@H](C(=O)N/N=C\c1ccc(OCCOc2ccccc2Cl)cc1)c1ccccc1. The number of nitriles is 1. The highest BCUT2D eigenvalue weighted by Gasteiger charge is 2.19. The van der Waals surface area contributed by atoms with Gasteiger partial charge in [0.05, 0.1) is 17.3 Å². The molecular formula is C24H20ClN3O3. The van der Waals surface area contributed by atoms with Crippen molar-refractivity contribution in [1.82, 2.24) is 5.43 Å². The van der Waals surface area contributed by atoms with Crippen molar-refractivity contribution in [2.24, 2.45) is 5.10 Å². The van der Waals surface area contributed by atoms with E-state index in [1.807, 2.05) is 24.3 Å². The van der Waals surface area contributed by atoms with Gasteiger partial charge in [-0.05, 0) is 47.5 Å². The van der Waals surface area contributed by atoms with Crippen molar-refractivity contribution in [2.75, 3.05) is 13.2 Å². The van der Waals surface area contributed by atoms with Crippen LogP contribution in [-0.2, 0) is 4.79 Å². The summed E-state index contributed by atoms with van der Waals surface area (Å²) in [5, 5.41) is 13.8. The summed E-state index contributed by atoms with van der Waals surface area (Å²) in [6, 6.07) is 25.3. The van der Waals surface area contributed by atoms with E-state index >= 15 is 0 Å². The molecule has 0 fully saturated rings. The number of nitrogens with one attached hydrogen (secondary N) is 1. The van der Waals surface area contributed by atoms with Gasteiger partial charge in [0.1, 0.15) is 24.7 Å². The lowest BCUT2D eigenvalue weighted by Gasteiger charge is -2.09. The monoisotopic (exact) mass is 433 g/mol. The summed E-state index contributed by atoms with van der Waals surface area (Å²) in [7, 11) is 0. The summed E-state index contributed by atoms with van der Waals surface area (Å²) < 4.78 is 11.2. The molecule has 1 amide bonds. The van der Waals surface area contributed by atoms with Crippen molar-refractivity contribution in [3.63, 3.8) is 0 Å². The smallest absolute Gasteiger partial charge is 0.261 e. The van der Waals surface area contributed by atoms with Gasteiger partial charge in [-0.15, -0.1) is 0 Å². The number of hydrogen-bond acceptors (Lipinski definition) is 5. The topological polar surface area (TPSA) is 83.7 Å². The molecule has 156 valence electrons. The average molecular weight is 434 g/mol. The summed E-state index contributed by atoms with van der Waals surface area (Å²) in [6.07, 6.45) is 1.50. The van der Waals surface area contributed by atoms with E-state index < -0.39 is 11.8 Å². The molecule has 0 aliphatic rings. The van der Waals surface area contributed by atoms with E-state index in [1.165, 1.54) is 6.21 Å². The highest BCUT2D eigenvalue weighted by molar-refractivity contribution is 6.32. The third kappa shape index (κ3) is 6.59. The Morgan fingerprint density at radius 1 is 1.00 bits per heavy atom. The highest BCUT2D eigenvalue weighted by atomic mass is 35.5. The van der Waals surface area contributed by atoms with Crippen molar-refractivity contribution in [3.05, 3.63) is 95.0 Å². The van der Waals surface area contributed by atoms with E-state index in [2.05, 4.69) is 10.5 Å². The summed E-state index contributed by atoms with van der Waals surface area (Å²) >= 11 is 6.04. The maximum atomic E-state index is 12.2. The van der Waals surface area contributed by atoms with Crippen molar-refractivity contribution in [2.45, 2.75) is 5.92 Å². The van der Waals surface area contributed by atoms with E-state index in [0.29, 0.717) is 35.3 Å². The van der Waals surface area contributed by atoms with Crippen LogP contribution in [0.25, 0.3) is 0 Å². The quantitative estimate of drug-likeness (QED) is 0.304. The fourth-order valence-electron chi connectivity index (χ4n) is 2.69. The minimum absolute atomic E-state index is 0.362. The molecule has 3 aromatic carbocycles. The fourth-order valence-corrected chi connectivity index (χ4v) is 2.88. The minimum atomic E-state index is -0.915. The van der Waals surface area contributed by atoms with Crippen molar-refractivity contribution in [3.8, 4) is 17.6 Å². The van der Waals surface area contributed by atoms with E-state index in [9.17, 15) is 10.1 Å². The lowest BCUT2D eigenvalue weighted by molar-refractivity contribution is -0.121. The Hall–Kier alpha value is -3.82. The Labute approximate surface area is 185 Å².